The summed E-state index contributed by atoms with van der Waals surface area (Å²) in [6, 6.07) is 6.67. The van der Waals surface area contributed by atoms with Crippen molar-refractivity contribution in [3.8, 4) is 11.8 Å². The van der Waals surface area contributed by atoms with Crippen LogP contribution in [-0.2, 0) is 9.84 Å². The number of ether oxygens (including phenoxy) is 1. The number of nitrogens with zero attached hydrogens (tertiary/aromatic N) is 2. The van der Waals surface area contributed by atoms with Crippen molar-refractivity contribution in [3.05, 3.63) is 23.8 Å². The largest absolute Gasteiger partial charge is 0.492 e. The Morgan fingerprint density at radius 1 is 1.48 bits per heavy atom. The molecule has 0 aromatic heterocycles. The highest BCUT2D eigenvalue weighted by Gasteiger charge is 2.26. The minimum Gasteiger partial charge on any atom is -0.492 e. The van der Waals surface area contributed by atoms with Crippen LogP contribution in [0.5, 0.6) is 5.75 Å². The third kappa shape index (κ3) is 5.64. The van der Waals surface area contributed by atoms with Crippen LogP contribution in [0.3, 0.4) is 0 Å². The minimum atomic E-state index is -3.06. The van der Waals surface area contributed by atoms with E-state index in [9.17, 15) is 18.5 Å². The van der Waals surface area contributed by atoms with Crippen molar-refractivity contribution in [2.45, 2.75) is 19.8 Å². The number of sulfone groups is 1. The number of hydrogen-bond acceptors (Lipinski definition) is 5. The van der Waals surface area contributed by atoms with Crippen LogP contribution in [0, 0.1) is 17.2 Å². The molecule has 1 saturated heterocycles. The van der Waals surface area contributed by atoms with Gasteiger partial charge in [0.1, 0.15) is 21.7 Å². The molecule has 1 unspecified atom stereocenters. The molecule has 1 aliphatic heterocycles. The predicted molar refractivity (Wildman–Crippen MR) is 95.4 cm³/mol. The molecule has 1 aromatic rings. The van der Waals surface area contributed by atoms with Crippen LogP contribution in [0.15, 0.2) is 18.2 Å². The number of nitriles is 1. The second kappa shape index (κ2) is 8.21. The first-order chi connectivity index (χ1) is 11.8. The first-order valence-electron chi connectivity index (χ1n) is 8.23. The molecule has 1 fully saturated rings. The molecule has 136 valence electrons. The summed E-state index contributed by atoms with van der Waals surface area (Å²) in [5.41, 5.74) is 0.864. The van der Waals surface area contributed by atoms with Gasteiger partial charge in [0, 0.05) is 25.0 Å². The van der Waals surface area contributed by atoms with Gasteiger partial charge in [-0.25, -0.2) is 13.2 Å². The van der Waals surface area contributed by atoms with E-state index in [1.807, 2.05) is 13.0 Å². The SMILES string of the molecule is CCOc1ccc(NC(=O)N2CCCC(CS(C)(=O)=O)C2)cc1C#N. The van der Waals surface area contributed by atoms with Crippen molar-refractivity contribution in [2.24, 2.45) is 5.92 Å². The Morgan fingerprint density at radius 2 is 2.24 bits per heavy atom. The van der Waals surface area contributed by atoms with E-state index in [1.54, 1.807) is 23.1 Å². The van der Waals surface area contributed by atoms with Crippen LogP contribution in [-0.4, -0.2) is 51.1 Å². The number of likely N-dealkylation sites (tertiary alicyclic amines) is 1. The number of benzene rings is 1. The normalized spacial score (nSPS) is 17.6. The number of piperidine rings is 1. The van der Waals surface area contributed by atoms with Gasteiger partial charge in [-0.3, -0.25) is 0 Å². The Labute approximate surface area is 148 Å². The second-order valence-electron chi connectivity index (χ2n) is 6.23. The van der Waals surface area contributed by atoms with Crippen LogP contribution < -0.4 is 10.1 Å². The maximum Gasteiger partial charge on any atom is 0.321 e. The molecule has 0 radical (unpaired) electrons. The second-order valence-corrected chi connectivity index (χ2v) is 8.42. The molecule has 1 aromatic carbocycles. The summed E-state index contributed by atoms with van der Waals surface area (Å²) < 4.78 is 28.3. The molecule has 1 atom stereocenters. The van der Waals surface area contributed by atoms with E-state index in [4.69, 9.17) is 4.74 Å². The molecule has 2 rings (SSSR count). The maximum atomic E-state index is 12.4. The van der Waals surface area contributed by atoms with E-state index in [1.165, 1.54) is 6.26 Å². The van der Waals surface area contributed by atoms with Crippen LogP contribution in [0.2, 0.25) is 0 Å². The molecule has 7 nitrogen and oxygen atoms in total. The Bertz CT molecular complexity index is 771. The Balaban J connectivity index is 2.03. The average molecular weight is 365 g/mol. The molecule has 1 N–H and O–H groups in total. The van der Waals surface area contributed by atoms with Crippen molar-refractivity contribution in [3.63, 3.8) is 0 Å². The van der Waals surface area contributed by atoms with Crippen molar-refractivity contribution < 1.29 is 17.9 Å². The standard InChI is InChI=1S/C17H23N3O4S/c1-3-24-16-7-6-15(9-14(16)10-18)19-17(21)20-8-4-5-13(11-20)12-25(2,22)23/h6-7,9,13H,3-5,8,11-12H2,1-2H3,(H,19,21). The molecule has 1 aliphatic rings. The van der Waals surface area contributed by atoms with Crippen molar-refractivity contribution in [2.75, 3.05) is 37.0 Å². The van der Waals surface area contributed by atoms with E-state index in [0.29, 0.717) is 36.7 Å². The fraction of sp³-hybridized carbons (Fsp3) is 0.529. The Hall–Kier alpha value is -2.27. The van der Waals surface area contributed by atoms with Gasteiger partial charge >= 0.3 is 6.03 Å². The number of anilines is 1. The summed E-state index contributed by atoms with van der Waals surface area (Å²) in [4.78, 5) is 14.1. The summed E-state index contributed by atoms with van der Waals surface area (Å²) in [6.45, 7) is 3.30. The van der Waals surface area contributed by atoms with Crippen molar-refractivity contribution in [1.29, 1.82) is 5.26 Å². The lowest BCUT2D eigenvalue weighted by Crippen LogP contribution is -2.43. The lowest BCUT2D eigenvalue weighted by Gasteiger charge is -2.32. The lowest BCUT2D eigenvalue weighted by molar-refractivity contribution is 0.183. The number of rotatable bonds is 5. The number of urea groups is 1. The molecule has 8 heteroatoms. The number of carbonyl (C=O) groups is 1. The monoisotopic (exact) mass is 365 g/mol. The zero-order chi connectivity index (χ0) is 18.4. The van der Waals surface area contributed by atoms with Gasteiger partial charge in [0.05, 0.1) is 17.9 Å². The lowest BCUT2D eigenvalue weighted by atomic mass is 10.0. The number of hydrogen-bond donors (Lipinski definition) is 1. The summed E-state index contributed by atoms with van der Waals surface area (Å²) in [7, 11) is -3.06. The van der Waals surface area contributed by atoms with Gasteiger partial charge in [0.25, 0.3) is 0 Å². The smallest absolute Gasteiger partial charge is 0.321 e. The molecular formula is C17H23N3O4S. The fourth-order valence-electron chi connectivity index (χ4n) is 2.99. The van der Waals surface area contributed by atoms with E-state index in [2.05, 4.69) is 5.32 Å². The topological polar surface area (TPSA) is 99.5 Å². The first-order valence-corrected chi connectivity index (χ1v) is 10.3. The van der Waals surface area contributed by atoms with E-state index < -0.39 is 9.84 Å². The van der Waals surface area contributed by atoms with Crippen LogP contribution in [0.1, 0.15) is 25.3 Å². The van der Waals surface area contributed by atoms with Crippen molar-refractivity contribution in [1.82, 2.24) is 4.90 Å². The summed E-state index contributed by atoms with van der Waals surface area (Å²) in [5, 5.41) is 12.0. The number of nitrogens with one attached hydrogen (secondary N) is 1. The van der Waals surface area contributed by atoms with Gasteiger partial charge in [-0.05, 0) is 43.9 Å². The molecule has 0 spiro atoms. The highest BCUT2D eigenvalue weighted by Crippen LogP contribution is 2.23. The molecule has 25 heavy (non-hydrogen) atoms. The number of amides is 2. The predicted octanol–water partition coefficient (Wildman–Crippen LogP) is 2.25. The van der Waals surface area contributed by atoms with Gasteiger partial charge < -0.3 is 15.0 Å². The summed E-state index contributed by atoms with van der Waals surface area (Å²) in [5.74, 6) is 0.539. The summed E-state index contributed by atoms with van der Waals surface area (Å²) in [6.07, 6.45) is 2.80. The van der Waals surface area contributed by atoms with Crippen molar-refractivity contribution >= 4 is 21.6 Å². The van der Waals surface area contributed by atoms with E-state index in [-0.39, 0.29) is 17.7 Å². The highest BCUT2D eigenvalue weighted by atomic mass is 32.2. The zero-order valence-corrected chi connectivity index (χ0v) is 15.3. The van der Waals surface area contributed by atoms with E-state index in [0.717, 1.165) is 12.8 Å². The van der Waals surface area contributed by atoms with Gasteiger partial charge in [0.15, 0.2) is 0 Å². The maximum absolute atomic E-state index is 12.4. The average Bonchev–Trinajstić information content (AvgIpc) is 2.55. The highest BCUT2D eigenvalue weighted by molar-refractivity contribution is 7.90. The van der Waals surface area contributed by atoms with Gasteiger partial charge in [-0.1, -0.05) is 0 Å². The first kappa shape index (κ1) is 19.1. The van der Waals surface area contributed by atoms with Crippen LogP contribution in [0.4, 0.5) is 10.5 Å². The van der Waals surface area contributed by atoms with Gasteiger partial charge in [-0.15, -0.1) is 0 Å². The van der Waals surface area contributed by atoms with Crippen LogP contribution >= 0.6 is 0 Å². The zero-order valence-electron chi connectivity index (χ0n) is 14.5. The molecule has 2 amide bonds. The molecule has 0 saturated carbocycles. The number of carbonyl (C=O) groups excluding carboxylic acids is 1. The fourth-order valence-corrected chi connectivity index (χ4v) is 4.12. The molecular weight excluding hydrogens is 342 g/mol. The molecule has 1 heterocycles. The Morgan fingerprint density at radius 3 is 2.88 bits per heavy atom. The third-order valence-corrected chi connectivity index (χ3v) is 5.07. The molecule has 0 aliphatic carbocycles. The third-order valence-electron chi connectivity index (χ3n) is 4.00. The van der Waals surface area contributed by atoms with Gasteiger partial charge in [0.2, 0.25) is 0 Å². The minimum absolute atomic E-state index is 0.0375. The molecule has 0 bridgehead atoms. The van der Waals surface area contributed by atoms with Gasteiger partial charge in [-0.2, -0.15) is 5.26 Å². The Kier molecular flexibility index (Phi) is 6.26. The van der Waals surface area contributed by atoms with E-state index >= 15 is 0 Å². The van der Waals surface area contributed by atoms with Crippen LogP contribution in [0.25, 0.3) is 0 Å². The summed E-state index contributed by atoms with van der Waals surface area (Å²) >= 11 is 0. The quantitative estimate of drug-likeness (QED) is 0.863.